The molecule has 0 bridgehead atoms. The number of methoxy groups -OCH3 is 1. The molecular formula is C23H22N4O4. The van der Waals surface area contributed by atoms with Gasteiger partial charge in [0.25, 0.3) is 5.56 Å². The topological polar surface area (TPSA) is 112 Å². The second-order valence-electron chi connectivity index (χ2n) is 7.63. The first-order chi connectivity index (χ1) is 15.1. The highest BCUT2D eigenvalue weighted by Gasteiger charge is 2.30. The van der Waals surface area contributed by atoms with Crippen molar-refractivity contribution in [3.05, 3.63) is 91.8 Å². The molecule has 0 radical (unpaired) electrons. The van der Waals surface area contributed by atoms with Crippen LogP contribution in [0.3, 0.4) is 0 Å². The molecule has 0 aliphatic carbocycles. The lowest BCUT2D eigenvalue weighted by Crippen LogP contribution is -2.39. The van der Waals surface area contributed by atoms with Crippen LogP contribution in [-0.2, 0) is 13.0 Å². The summed E-state index contributed by atoms with van der Waals surface area (Å²) in [7, 11) is 1.58. The van der Waals surface area contributed by atoms with Crippen molar-refractivity contribution in [1.29, 1.82) is 0 Å². The predicted molar refractivity (Wildman–Crippen MR) is 117 cm³/mol. The van der Waals surface area contributed by atoms with E-state index in [4.69, 9.17) is 4.74 Å². The zero-order chi connectivity index (χ0) is 21.5. The summed E-state index contributed by atoms with van der Waals surface area (Å²) >= 11 is 0. The van der Waals surface area contributed by atoms with Gasteiger partial charge in [-0.05, 0) is 35.7 Å². The van der Waals surface area contributed by atoms with E-state index in [0.29, 0.717) is 12.3 Å². The molecule has 0 amide bonds. The molecule has 8 nitrogen and oxygen atoms in total. The summed E-state index contributed by atoms with van der Waals surface area (Å²) in [5, 5.41) is 15.4. The van der Waals surface area contributed by atoms with Crippen molar-refractivity contribution >= 4 is 10.9 Å². The van der Waals surface area contributed by atoms with Crippen LogP contribution in [0, 0.1) is 0 Å². The maximum atomic E-state index is 12.8. The van der Waals surface area contributed by atoms with Gasteiger partial charge in [-0.2, -0.15) is 0 Å². The van der Waals surface area contributed by atoms with Crippen LogP contribution < -0.4 is 21.3 Å². The van der Waals surface area contributed by atoms with Crippen molar-refractivity contribution in [2.24, 2.45) is 0 Å². The zero-order valence-electron chi connectivity index (χ0n) is 16.9. The Bertz CT molecular complexity index is 1380. The maximum Gasteiger partial charge on any atom is 0.331 e. The van der Waals surface area contributed by atoms with E-state index >= 15 is 0 Å². The van der Waals surface area contributed by atoms with E-state index in [1.54, 1.807) is 19.2 Å². The van der Waals surface area contributed by atoms with Gasteiger partial charge in [-0.25, -0.2) is 4.79 Å². The van der Waals surface area contributed by atoms with E-state index in [0.717, 1.165) is 34.1 Å². The number of nitrogens with one attached hydrogen (secondary N) is 3. The molecule has 2 aromatic heterocycles. The van der Waals surface area contributed by atoms with Gasteiger partial charge < -0.3 is 20.1 Å². The van der Waals surface area contributed by atoms with Gasteiger partial charge in [-0.1, -0.05) is 30.3 Å². The molecule has 0 spiro atoms. The van der Waals surface area contributed by atoms with Gasteiger partial charge in [-0.15, -0.1) is 0 Å². The Labute approximate surface area is 177 Å². The van der Waals surface area contributed by atoms with Gasteiger partial charge in [0, 0.05) is 23.1 Å². The van der Waals surface area contributed by atoms with Crippen molar-refractivity contribution in [2.75, 3.05) is 13.7 Å². The van der Waals surface area contributed by atoms with Gasteiger partial charge in [0.15, 0.2) is 0 Å². The number of H-pyrrole nitrogens is 2. The third-order valence-corrected chi connectivity index (χ3v) is 5.85. The van der Waals surface area contributed by atoms with Crippen molar-refractivity contribution in [3.8, 4) is 11.6 Å². The first kappa shape index (κ1) is 19.2. The number of hydrogen-bond donors (Lipinski definition) is 4. The summed E-state index contributed by atoms with van der Waals surface area (Å²) in [5.41, 5.74) is 2.59. The van der Waals surface area contributed by atoms with E-state index in [1.807, 2.05) is 36.4 Å². The largest absolute Gasteiger partial charge is 0.497 e. The van der Waals surface area contributed by atoms with Crippen LogP contribution in [0.15, 0.2) is 58.1 Å². The Morgan fingerprint density at radius 3 is 2.65 bits per heavy atom. The van der Waals surface area contributed by atoms with Crippen LogP contribution in [0.25, 0.3) is 10.9 Å². The number of rotatable bonds is 4. The number of benzene rings is 2. The van der Waals surface area contributed by atoms with E-state index in [2.05, 4.69) is 15.3 Å². The minimum atomic E-state index is -0.658. The second kappa shape index (κ2) is 7.48. The fourth-order valence-corrected chi connectivity index (χ4v) is 4.32. The maximum absolute atomic E-state index is 12.8. The van der Waals surface area contributed by atoms with E-state index in [9.17, 15) is 14.7 Å². The zero-order valence-corrected chi connectivity index (χ0v) is 16.9. The van der Waals surface area contributed by atoms with Gasteiger partial charge in [0.1, 0.15) is 11.3 Å². The monoisotopic (exact) mass is 418 g/mol. The van der Waals surface area contributed by atoms with Crippen molar-refractivity contribution in [2.45, 2.75) is 19.0 Å². The summed E-state index contributed by atoms with van der Waals surface area (Å²) in [6.45, 7) is 0.765. The lowest BCUT2D eigenvalue weighted by atomic mass is 9.95. The second-order valence-corrected chi connectivity index (χ2v) is 7.63. The van der Waals surface area contributed by atoms with Gasteiger partial charge in [0.05, 0.1) is 19.7 Å². The van der Waals surface area contributed by atoms with E-state index < -0.39 is 17.3 Å². The molecule has 1 atom stereocenters. The van der Waals surface area contributed by atoms with Crippen LogP contribution in [-0.4, -0.2) is 33.3 Å². The van der Waals surface area contributed by atoms with Crippen LogP contribution >= 0.6 is 0 Å². The molecule has 0 unspecified atom stereocenters. The Morgan fingerprint density at radius 2 is 1.87 bits per heavy atom. The van der Waals surface area contributed by atoms with Gasteiger partial charge in [0.2, 0.25) is 5.88 Å². The third kappa shape index (κ3) is 3.21. The number of aromatic nitrogens is 3. The van der Waals surface area contributed by atoms with Gasteiger partial charge >= 0.3 is 5.69 Å². The Balaban J connectivity index is 1.61. The highest BCUT2D eigenvalue weighted by Crippen LogP contribution is 2.34. The number of hydrogen-bond acceptors (Lipinski definition) is 5. The fraction of sp³-hybridized carbons (Fsp3) is 0.217. The molecule has 8 heteroatoms. The molecule has 31 heavy (non-hydrogen) atoms. The average Bonchev–Trinajstić information content (AvgIpc) is 3.16. The molecule has 1 aliphatic heterocycles. The third-order valence-electron chi connectivity index (χ3n) is 5.85. The predicted octanol–water partition coefficient (Wildman–Crippen LogP) is 2.02. The first-order valence-corrected chi connectivity index (χ1v) is 10.1. The Hall–Kier alpha value is -3.78. The minimum Gasteiger partial charge on any atom is -0.497 e. The number of fused-ring (bicyclic) bond motifs is 3. The molecule has 4 N–H and O–H groups in total. The standard InChI is InChI=1S/C23H22N4O4/c1-31-14-8-6-13(7-9-14)12-27-22(29)18(21(28)26-23(27)30)20-19-16(10-11-24-20)15-4-2-3-5-17(15)25-19/h2-9,20,24-25,29H,10-12H2,1H3,(H,26,28,30)/t20-/m0/s1. The molecule has 2 aromatic carbocycles. The number of ether oxygens (including phenoxy) is 1. The number of nitrogens with zero attached hydrogens (tertiary/aromatic N) is 1. The normalized spacial score (nSPS) is 15.7. The minimum absolute atomic E-state index is 0.116. The SMILES string of the molecule is COc1ccc(Cn2c(O)c([C@@H]3NCCc4c3[nH]c3ccccc43)c(=O)[nH]c2=O)cc1. The quantitative estimate of drug-likeness (QED) is 0.405. The van der Waals surface area contributed by atoms with E-state index in [1.165, 1.54) is 4.57 Å². The molecule has 4 aromatic rings. The summed E-state index contributed by atoms with van der Waals surface area (Å²) in [5.74, 6) is 0.355. The van der Waals surface area contributed by atoms with Crippen LogP contribution in [0.4, 0.5) is 0 Å². The molecular weight excluding hydrogens is 396 g/mol. The highest BCUT2D eigenvalue weighted by molar-refractivity contribution is 5.85. The molecule has 0 saturated carbocycles. The molecule has 158 valence electrons. The smallest absolute Gasteiger partial charge is 0.331 e. The Kier molecular flexibility index (Phi) is 4.63. The van der Waals surface area contributed by atoms with Crippen LogP contribution in [0.5, 0.6) is 11.6 Å². The fourth-order valence-electron chi connectivity index (χ4n) is 4.32. The Morgan fingerprint density at radius 1 is 1.10 bits per heavy atom. The summed E-state index contributed by atoms with van der Waals surface area (Å²) in [6.07, 6.45) is 0.806. The number of aromatic amines is 2. The summed E-state index contributed by atoms with van der Waals surface area (Å²) in [4.78, 5) is 31.0. The molecule has 5 rings (SSSR count). The van der Waals surface area contributed by atoms with E-state index in [-0.39, 0.29) is 18.0 Å². The lowest BCUT2D eigenvalue weighted by molar-refractivity contribution is 0.390. The van der Waals surface area contributed by atoms with Crippen molar-refractivity contribution in [1.82, 2.24) is 19.9 Å². The molecule has 1 aliphatic rings. The highest BCUT2D eigenvalue weighted by atomic mass is 16.5. The summed E-state index contributed by atoms with van der Waals surface area (Å²) < 4.78 is 6.34. The molecule has 0 fully saturated rings. The van der Waals surface area contributed by atoms with Crippen LogP contribution in [0.1, 0.15) is 28.4 Å². The van der Waals surface area contributed by atoms with Crippen molar-refractivity contribution < 1.29 is 9.84 Å². The van der Waals surface area contributed by atoms with Crippen molar-refractivity contribution in [3.63, 3.8) is 0 Å². The first-order valence-electron chi connectivity index (χ1n) is 10.1. The molecule has 3 heterocycles. The number of para-hydroxylation sites is 1. The number of aromatic hydroxyl groups is 1. The lowest BCUT2D eigenvalue weighted by Gasteiger charge is -2.25. The van der Waals surface area contributed by atoms with Crippen LogP contribution in [0.2, 0.25) is 0 Å². The molecule has 0 saturated heterocycles. The summed E-state index contributed by atoms with van der Waals surface area (Å²) in [6, 6.07) is 14.6. The average molecular weight is 418 g/mol. The van der Waals surface area contributed by atoms with Gasteiger partial charge in [-0.3, -0.25) is 14.3 Å².